The van der Waals surface area contributed by atoms with Crippen LogP contribution in [0.25, 0.3) is 0 Å². The number of ether oxygens (including phenoxy) is 2. The van der Waals surface area contributed by atoms with Crippen LogP contribution in [0.2, 0.25) is 0 Å². The lowest BCUT2D eigenvalue weighted by Crippen LogP contribution is -2.41. The molecule has 2 aliphatic rings. The van der Waals surface area contributed by atoms with E-state index in [0.29, 0.717) is 23.1 Å². The molecule has 5 heteroatoms. The molecule has 2 N–H and O–H groups in total. The van der Waals surface area contributed by atoms with Gasteiger partial charge in [-0.3, -0.25) is 4.79 Å². The number of likely N-dealkylation sites (N-methyl/N-ethyl adjacent to an activating group) is 1. The molecule has 1 amide bonds. The number of benzene rings is 1. The Morgan fingerprint density at radius 1 is 1.35 bits per heavy atom. The normalized spacial score (nSPS) is 26.8. The van der Waals surface area contributed by atoms with E-state index in [4.69, 9.17) is 15.2 Å². The minimum Gasteiger partial charge on any atom is -0.493 e. The molecule has 0 saturated carbocycles. The van der Waals surface area contributed by atoms with Crippen molar-refractivity contribution in [3.63, 3.8) is 0 Å². The summed E-state index contributed by atoms with van der Waals surface area (Å²) in [4.78, 5) is 14.3. The number of fused-ring (bicyclic) bond motifs is 1. The predicted octanol–water partition coefficient (Wildman–Crippen LogP) is 2.09. The molecule has 3 rings (SSSR count). The first-order valence-electron chi connectivity index (χ1n) is 7.97. The van der Waals surface area contributed by atoms with E-state index in [2.05, 4.69) is 24.1 Å². The topological polar surface area (TPSA) is 64.8 Å². The fourth-order valence-corrected chi connectivity index (χ4v) is 4.15. The van der Waals surface area contributed by atoms with Crippen molar-refractivity contribution in [2.45, 2.75) is 30.7 Å². The van der Waals surface area contributed by atoms with Crippen LogP contribution in [-0.4, -0.2) is 44.7 Å². The molecule has 2 atom stereocenters. The molecule has 1 aromatic carbocycles. The van der Waals surface area contributed by atoms with E-state index in [1.165, 1.54) is 7.11 Å². The van der Waals surface area contributed by atoms with Gasteiger partial charge in [0.1, 0.15) is 0 Å². The van der Waals surface area contributed by atoms with Gasteiger partial charge in [-0.15, -0.1) is 0 Å². The Balaban J connectivity index is 2.19. The molecule has 5 nitrogen and oxygen atoms in total. The Morgan fingerprint density at radius 2 is 2.13 bits per heavy atom. The number of hydrogen-bond donors (Lipinski definition) is 1. The second-order valence-corrected chi connectivity index (χ2v) is 6.39. The Hall–Kier alpha value is -2.01. The molecular weight excluding hydrogens is 292 g/mol. The van der Waals surface area contributed by atoms with Gasteiger partial charge in [0.2, 0.25) is 0 Å². The molecule has 1 aliphatic heterocycles. The van der Waals surface area contributed by atoms with E-state index >= 15 is 0 Å². The van der Waals surface area contributed by atoms with Crippen LogP contribution in [0.3, 0.4) is 0 Å². The summed E-state index contributed by atoms with van der Waals surface area (Å²) in [6.07, 6.45) is 7.78. The molecule has 1 heterocycles. The molecule has 0 bridgehead atoms. The van der Waals surface area contributed by atoms with Gasteiger partial charge < -0.3 is 20.1 Å². The number of hydrogen-bond acceptors (Lipinski definition) is 4. The fraction of sp³-hybridized carbons (Fsp3) is 0.500. The summed E-state index contributed by atoms with van der Waals surface area (Å²) in [6.45, 7) is 1.04. The largest absolute Gasteiger partial charge is 0.493 e. The van der Waals surface area contributed by atoms with Crippen LogP contribution in [0.5, 0.6) is 11.5 Å². The van der Waals surface area contributed by atoms with E-state index in [9.17, 15) is 4.79 Å². The second kappa shape index (κ2) is 5.89. The molecule has 0 spiro atoms. The van der Waals surface area contributed by atoms with Gasteiger partial charge in [0.05, 0.1) is 19.8 Å². The zero-order valence-corrected chi connectivity index (χ0v) is 14.0. The van der Waals surface area contributed by atoms with Gasteiger partial charge in [-0.05, 0) is 50.6 Å². The van der Waals surface area contributed by atoms with Crippen LogP contribution < -0.4 is 15.2 Å². The number of rotatable bonds is 4. The van der Waals surface area contributed by atoms with Crippen molar-refractivity contribution in [1.29, 1.82) is 0 Å². The molecule has 0 aromatic heterocycles. The zero-order valence-electron chi connectivity index (χ0n) is 14.0. The number of allylic oxidation sites excluding steroid dienone is 1. The Bertz CT molecular complexity index is 656. The Morgan fingerprint density at radius 3 is 2.78 bits per heavy atom. The molecule has 1 saturated heterocycles. The van der Waals surface area contributed by atoms with E-state index in [-0.39, 0.29) is 5.41 Å². The van der Waals surface area contributed by atoms with Crippen molar-refractivity contribution in [2.75, 3.05) is 27.8 Å². The molecule has 1 fully saturated rings. The van der Waals surface area contributed by atoms with E-state index in [1.54, 1.807) is 7.11 Å². The quantitative estimate of drug-likeness (QED) is 0.864. The maximum absolute atomic E-state index is 11.9. The molecule has 0 unspecified atom stereocenters. The zero-order chi connectivity index (χ0) is 16.6. The predicted molar refractivity (Wildman–Crippen MR) is 89.2 cm³/mol. The molecule has 1 aromatic rings. The number of carbonyl (C=O) groups is 1. The minimum absolute atomic E-state index is 0.0866. The van der Waals surface area contributed by atoms with Gasteiger partial charge in [0.15, 0.2) is 11.5 Å². The van der Waals surface area contributed by atoms with E-state index in [0.717, 1.165) is 31.4 Å². The SMILES string of the molecule is COc1cc([C@@]23C=CCC[C@@H]2N(C)CC3)cc(C(N)=O)c1OC. The Labute approximate surface area is 137 Å². The Kier molecular flexibility index (Phi) is 4.06. The summed E-state index contributed by atoms with van der Waals surface area (Å²) < 4.78 is 10.8. The maximum Gasteiger partial charge on any atom is 0.252 e. The van der Waals surface area contributed by atoms with Crippen molar-refractivity contribution in [1.82, 2.24) is 4.90 Å². The van der Waals surface area contributed by atoms with Gasteiger partial charge in [-0.2, -0.15) is 0 Å². The van der Waals surface area contributed by atoms with Gasteiger partial charge in [-0.1, -0.05) is 12.2 Å². The second-order valence-electron chi connectivity index (χ2n) is 6.39. The third-order valence-electron chi connectivity index (χ3n) is 5.31. The monoisotopic (exact) mass is 316 g/mol. The third kappa shape index (κ3) is 2.39. The van der Waals surface area contributed by atoms with Crippen LogP contribution in [-0.2, 0) is 5.41 Å². The van der Waals surface area contributed by atoms with Crippen molar-refractivity contribution in [3.8, 4) is 11.5 Å². The first-order chi connectivity index (χ1) is 11.0. The molecule has 23 heavy (non-hydrogen) atoms. The molecule has 1 aliphatic carbocycles. The number of nitrogens with zero attached hydrogens (tertiary/aromatic N) is 1. The minimum atomic E-state index is -0.499. The van der Waals surface area contributed by atoms with Crippen LogP contribution in [0.4, 0.5) is 0 Å². The van der Waals surface area contributed by atoms with Crippen LogP contribution in [0, 0.1) is 0 Å². The number of primary amides is 1. The summed E-state index contributed by atoms with van der Waals surface area (Å²) >= 11 is 0. The van der Waals surface area contributed by atoms with Gasteiger partial charge >= 0.3 is 0 Å². The van der Waals surface area contributed by atoms with Crippen molar-refractivity contribution >= 4 is 5.91 Å². The van der Waals surface area contributed by atoms with Gasteiger partial charge in [-0.25, -0.2) is 0 Å². The van der Waals surface area contributed by atoms with Crippen molar-refractivity contribution in [2.24, 2.45) is 5.73 Å². The summed E-state index contributed by atoms with van der Waals surface area (Å²) in [6, 6.07) is 4.31. The molecule has 0 radical (unpaired) electrons. The van der Waals surface area contributed by atoms with Gasteiger partial charge in [0, 0.05) is 11.5 Å². The highest BCUT2D eigenvalue weighted by molar-refractivity contribution is 5.97. The number of carbonyl (C=O) groups excluding carboxylic acids is 1. The highest BCUT2D eigenvalue weighted by Crippen LogP contribution is 2.47. The summed E-state index contributed by atoms with van der Waals surface area (Å²) in [5.41, 5.74) is 6.94. The fourth-order valence-electron chi connectivity index (χ4n) is 4.15. The number of methoxy groups -OCH3 is 2. The average Bonchev–Trinajstić information content (AvgIpc) is 2.92. The van der Waals surface area contributed by atoms with E-state index in [1.807, 2.05) is 12.1 Å². The highest BCUT2D eigenvalue weighted by Gasteiger charge is 2.46. The summed E-state index contributed by atoms with van der Waals surface area (Å²) in [5.74, 6) is 0.462. The molecule has 124 valence electrons. The highest BCUT2D eigenvalue weighted by atomic mass is 16.5. The van der Waals surface area contributed by atoms with Crippen LogP contribution >= 0.6 is 0 Å². The van der Waals surface area contributed by atoms with Crippen LogP contribution in [0.1, 0.15) is 35.2 Å². The number of amides is 1. The lowest BCUT2D eigenvalue weighted by atomic mass is 9.69. The van der Waals surface area contributed by atoms with Crippen molar-refractivity contribution < 1.29 is 14.3 Å². The number of likely N-dealkylation sites (tertiary alicyclic amines) is 1. The summed E-state index contributed by atoms with van der Waals surface area (Å²) in [5, 5.41) is 0. The summed E-state index contributed by atoms with van der Waals surface area (Å²) in [7, 11) is 5.27. The first-order valence-corrected chi connectivity index (χ1v) is 7.97. The van der Waals surface area contributed by atoms with Crippen LogP contribution in [0.15, 0.2) is 24.3 Å². The maximum atomic E-state index is 11.9. The van der Waals surface area contributed by atoms with Crippen molar-refractivity contribution in [3.05, 3.63) is 35.4 Å². The van der Waals surface area contributed by atoms with E-state index < -0.39 is 5.91 Å². The standard InChI is InChI=1S/C18H24N2O3/c1-20-9-8-18(7-5-4-6-15(18)20)12-10-13(17(19)21)16(23-3)14(11-12)22-2/h5,7,10-11,15H,4,6,8-9H2,1-3H3,(H2,19,21)/t15-,18-/m0/s1. The van der Waals surface area contributed by atoms with Gasteiger partial charge in [0.25, 0.3) is 5.91 Å². The first kappa shape index (κ1) is 15.9. The average molecular weight is 316 g/mol. The third-order valence-corrected chi connectivity index (χ3v) is 5.31. The lowest BCUT2D eigenvalue weighted by molar-refractivity contribution is 0.0996. The number of nitrogens with two attached hydrogens (primary N) is 1. The smallest absolute Gasteiger partial charge is 0.252 e. The molecular formula is C18H24N2O3. The lowest BCUT2D eigenvalue weighted by Gasteiger charge is -2.38.